The van der Waals surface area contributed by atoms with Crippen LogP contribution in [0, 0.1) is 0 Å². The third-order valence-corrected chi connectivity index (χ3v) is 6.62. The minimum Gasteiger partial charge on any atom is -0.426 e. The zero-order valence-corrected chi connectivity index (χ0v) is 20.4. The average molecular weight is 506 g/mol. The molecule has 0 N–H and O–H groups in total. The summed E-state index contributed by atoms with van der Waals surface area (Å²) in [6, 6.07) is 26.6. The number of ether oxygens (including phenoxy) is 1. The second kappa shape index (κ2) is 9.29. The molecule has 0 spiro atoms. The Labute approximate surface area is 214 Å². The molecule has 3 aromatic carbocycles. The van der Waals surface area contributed by atoms with E-state index < -0.39 is 5.97 Å². The van der Waals surface area contributed by atoms with Crippen LogP contribution in [0.2, 0.25) is 0 Å². The first kappa shape index (κ1) is 22.6. The fourth-order valence-electron chi connectivity index (χ4n) is 4.01. The fourth-order valence-corrected chi connectivity index (χ4v) is 4.91. The summed E-state index contributed by atoms with van der Waals surface area (Å²) in [5.74, 6) is 0.210. The highest BCUT2D eigenvalue weighted by Crippen LogP contribution is 2.28. The second-order valence-electron chi connectivity index (χ2n) is 8.21. The molecule has 3 heterocycles. The number of benzene rings is 3. The molecule has 0 bridgehead atoms. The standard InChI is InChI=1S/C28H19N5O3S/c1-18(34)36-23-15-9-8-14-22(23)26-29-28-33(31-26)27(35)24(37-28)16-20-17-32(21-12-6-3-7-13-21)30-25(20)19-10-4-2-5-11-19/h2-17H,1H3/b24-16-. The Morgan fingerprint density at radius 1 is 0.919 bits per heavy atom. The van der Waals surface area contributed by atoms with E-state index in [4.69, 9.17) is 9.84 Å². The zero-order chi connectivity index (χ0) is 25.4. The first-order chi connectivity index (χ1) is 18.1. The number of aromatic nitrogens is 5. The highest BCUT2D eigenvalue weighted by atomic mass is 32.1. The number of carbonyl (C=O) groups excluding carboxylic acids is 1. The van der Waals surface area contributed by atoms with Gasteiger partial charge in [0.25, 0.3) is 5.56 Å². The Morgan fingerprint density at radius 3 is 2.35 bits per heavy atom. The van der Waals surface area contributed by atoms with Crippen molar-refractivity contribution in [2.45, 2.75) is 6.92 Å². The van der Waals surface area contributed by atoms with Crippen LogP contribution in [-0.4, -0.2) is 30.3 Å². The van der Waals surface area contributed by atoms with E-state index in [2.05, 4.69) is 10.1 Å². The summed E-state index contributed by atoms with van der Waals surface area (Å²) < 4.78 is 8.85. The van der Waals surface area contributed by atoms with E-state index >= 15 is 0 Å². The molecule has 6 aromatic rings. The number of thiazole rings is 1. The molecule has 180 valence electrons. The lowest BCUT2D eigenvalue weighted by Crippen LogP contribution is -2.23. The third-order valence-electron chi connectivity index (χ3n) is 5.66. The number of carbonyl (C=O) groups is 1. The normalized spacial score (nSPS) is 11.8. The van der Waals surface area contributed by atoms with E-state index in [0.717, 1.165) is 22.5 Å². The predicted octanol–water partition coefficient (Wildman–Crippen LogP) is 4.14. The van der Waals surface area contributed by atoms with Gasteiger partial charge in [-0.25, -0.2) is 4.68 Å². The van der Waals surface area contributed by atoms with Crippen molar-refractivity contribution in [3.8, 4) is 34.1 Å². The lowest BCUT2D eigenvalue weighted by Gasteiger charge is -2.04. The number of hydrogen-bond donors (Lipinski definition) is 0. The van der Waals surface area contributed by atoms with Crippen LogP contribution >= 0.6 is 11.3 Å². The maximum Gasteiger partial charge on any atom is 0.308 e. The van der Waals surface area contributed by atoms with E-state index in [1.807, 2.05) is 72.9 Å². The van der Waals surface area contributed by atoms with Crippen LogP contribution < -0.4 is 14.8 Å². The second-order valence-corrected chi connectivity index (χ2v) is 9.22. The van der Waals surface area contributed by atoms with E-state index in [1.54, 1.807) is 28.9 Å². The molecule has 6 rings (SSSR count). The van der Waals surface area contributed by atoms with Crippen molar-refractivity contribution in [3.05, 3.63) is 112 Å². The van der Waals surface area contributed by atoms with Crippen LogP contribution in [0.5, 0.6) is 5.75 Å². The van der Waals surface area contributed by atoms with E-state index in [0.29, 0.717) is 26.6 Å². The molecule has 0 saturated heterocycles. The minimum absolute atomic E-state index is 0.282. The summed E-state index contributed by atoms with van der Waals surface area (Å²) in [6.07, 6.45) is 3.73. The number of hydrogen-bond acceptors (Lipinski definition) is 7. The Hall–Kier alpha value is -4.89. The quantitative estimate of drug-likeness (QED) is 0.258. The van der Waals surface area contributed by atoms with E-state index in [1.165, 1.54) is 22.8 Å². The lowest BCUT2D eigenvalue weighted by atomic mass is 10.1. The van der Waals surface area contributed by atoms with Crippen molar-refractivity contribution in [1.29, 1.82) is 0 Å². The summed E-state index contributed by atoms with van der Waals surface area (Å²) in [6.45, 7) is 1.33. The number of rotatable bonds is 5. The first-order valence-corrected chi connectivity index (χ1v) is 12.3. The van der Waals surface area contributed by atoms with Crippen LogP contribution in [0.3, 0.4) is 0 Å². The van der Waals surface area contributed by atoms with Gasteiger partial charge < -0.3 is 4.74 Å². The van der Waals surface area contributed by atoms with Crippen LogP contribution in [0.15, 0.2) is 95.9 Å². The fraction of sp³-hybridized carbons (Fsp3) is 0.0357. The smallest absolute Gasteiger partial charge is 0.308 e. The molecule has 8 nitrogen and oxygen atoms in total. The Bertz CT molecular complexity index is 1860. The van der Waals surface area contributed by atoms with Crippen molar-refractivity contribution < 1.29 is 9.53 Å². The largest absolute Gasteiger partial charge is 0.426 e. The highest BCUT2D eigenvalue weighted by molar-refractivity contribution is 7.15. The van der Waals surface area contributed by atoms with Crippen molar-refractivity contribution in [2.24, 2.45) is 0 Å². The minimum atomic E-state index is -0.444. The molecular formula is C28H19N5O3S. The molecule has 0 atom stereocenters. The molecule has 9 heteroatoms. The zero-order valence-electron chi connectivity index (χ0n) is 19.6. The van der Waals surface area contributed by atoms with Gasteiger partial charge in [0.15, 0.2) is 5.82 Å². The third kappa shape index (κ3) is 4.32. The lowest BCUT2D eigenvalue weighted by molar-refractivity contribution is -0.131. The number of fused-ring (bicyclic) bond motifs is 1. The van der Waals surface area contributed by atoms with E-state index in [9.17, 15) is 9.59 Å². The van der Waals surface area contributed by atoms with Gasteiger partial charge in [0.2, 0.25) is 4.96 Å². The monoisotopic (exact) mass is 505 g/mol. The summed E-state index contributed by atoms with van der Waals surface area (Å²) in [4.78, 5) is 29.8. The Balaban J connectivity index is 1.46. The van der Waals surface area contributed by atoms with Crippen molar-refractivity contribution >= 4 is 28.3 Å². The topological polar surface area (TPSA) is 91.4 Å². The summed E-state index contributed by atoms with van der Waals surface area (Å²) in [5.41, 5.74) is 3.68. The van der Waals surface area contributed by atoms with Gasteiger partial charge in [-0.05, 0) is 30.3 Å². The molecule has 0 unspecified atom stereocenters. The molecule has 3 aromatic heterocycles. The molecule has 0 amide bonds. The van der Waals surface area contributed by atoms with Crippen LogP contribution in [-0.2, 0) is 4.79 Å². The van der Waals surface area contributed by atoms with Crippen LogP contribution in [0.1, 0.15) is 12.5 Å². The average Bonchev–Trinajstić information content (AvgIpc) is 3.60. The molecule has 37 heavy (non-hydrogen) atoms. The van der Waals surface area contributed by atoms with Gasteiger partial charge >= 0.3 is 5.97 Å². The summed E-state index contributed by atoms with van der Waals surface area (Å²) in [7, 11) is 0. The van der Waals surface area contributed by atoms with Crippen molar-refractivity contribution in [2.75, 3.05) is 0 Å². The molecule has 0 aliphatic rings. The van der Waals surface area contributed by atoms with Gasteiger partial charge in [-0.1, -0.05) is 72.0 Å². The molecular weight excluding hydrogens is 486 g/mol. The SMILES string of the molecule is CC(=O)Oc1ccccc1-c1nc2s/c(=C\c3cn(-c4ccccc4)nc3-c3ccccc3)c(=O)n2n1. The Morgan fingerprint density at radius 2 is 1.62 bits per heavy atom. The van der Waals surface area contributed by atoms with Crippen LogP contribution in [0.4, 0.5) is 0 Å². The molecule has 0 aliphatic carbocycles. The number of esters is 1. The van der Waals surface area contributed by atoms with Gasteiger partial charge in [0.05, 0.1) is 21.5 Å². The molecule has 0 aliphatic heterocycles. The first-order valence-electron chi connectivity index (χ1n) is 11.5. The van der Waals surface area contributed by atoms with Crippen molar-refractivity contribution in [1.82, 2.24) is 24.4 Å². The van der Waals surface area contributed by atoms with Gasteiger partial charge in [0, 0.05) is 24.2 Å². The van der Waals surface area contributed by atoms with E-state index in [-0.39, 0.29) is 5.56 Å². The van der Waals surface area contributed by atoms with Crippen molar-refractivity contribution in [3.63, 3.8) is 0 Å². The van der Waals surface area contributed by atoms with Gasteiger partial charge in [-0.2, -0.15) is 14.6 Å². The van der Waals surface area contributed by atoms with Crippen LogP contribution in [0.25, 0.3) is 39.4 Å². The van der Waals surface area contributed by atoms with Gasteiger partial charge in [-0.3, -0.25) is 9.59 Å². The summed E-state index contributed by atoms with van der Waals surface area (Å²) in [5, 5.41) is 9.23. The highest BCUT2D eigenvalue weighted by Gasteiger charge is 2.17. The molecule has 0 fully saturated rings. The predicted molar refractivity (Wildman–Crippen MR) is 142 cm³/mol. The van der Waals surface area contributed by atoms with Gasteiger partial charge in [0.1, 0.15) is 5.75 Å². The molecule has 0 radical (unpaired) electrons. The summed E-state index contributed by atoms with van der Waals surface area (Å²) >= 11 is 1.24. The maximum absolute atomic E-state index is 13.3. The maximum atomic E-state index is 13.3. The van der Waals surface area contributed by atoms with Gasteiger partial charge in [-0.15, -0.1) is 5.10 Å². The number of para-hydroxylation sites is 2. The molecule has 0 saturated carbocycles. The Kier molecular flexibility index (Phi) is 5.66. The number of nitrogens with zero attached hydrogens (tertiary/aromatic N) is 5.